The van der Waals surface area contributed by atoms with E-state index in [1.165, 1.54) is 0 Å². The number of aliphatic carboxylic acids is 2. The summed E-state index contributed by atoms with van der Waals surface area (Å²) in [5.41, 5.74) is 0. The van der Waals surface area contributed by atoms with Crippen molar-refractivity contribution in [3.63, 3.8) is 0 Å². The molecule has 118 valence electrons. The molecule has 0 heterocycles. The van der Waals surface area contributed by atoms with Crippen LogP contribution in [0.15, 0.2) is 18.2 Å². The Hall–Kier alpha value is -1.46. The van der Waals surface area contributed by atoms with Gasteiger partial charge in [-0.25, -0.2) is 0 Å². The van der Waals surface area contributed by atoms with Gasteiger partial charge < -0.3 is 14.9 Å². The van der Waals surface area contributed by atoms with E-state index in [2.05, 4.69) is 0 Å². The van der Waals surface area contributed by atoms with Gasteiger partial charge in [-0.3, -0.25) is 9.59 Å². The van der Waals surface area contributed by atoms with Crippen LogP contribution in [0.1, 0.15) is 32.6 Å². The van der Waals surface area contributed by atoms with Crippen LogP contribution in [0.5, 0.6) is 5.75 Å². The van der Waals surface area contributed by atoms with Crippen LogP contribution >= 0.6 is 23.2 Å². The van der Waals surface area contributed by atoms with E-state index < -0.39 is 11.9 Å². The number of carboxylic acids is 2. The molecule has 0 aliphatic carbocycles. The maximum atomic E-state index is 10.2. The summed E-state index contributed by atoms with van der Waals surface area (Å²) >= 11 is 11.5. The molecule has 1 rings (SSSR count). The van der Waals surface area contributed by atoms with Crippen molar-refractivity contribution in [3.05, 3.63) is 28.2 Å². The summed E-state index contributed by atoms with van der Waals surface area (Å²) in [6.45, 7) is 2.17. The minimum Gasteiger partial charge on any atom is -0.492 e. The van der Waals surface area contributed by atoms with Gasteiger partial charge in [0, 0.05) is 17.9 Å². The number of ether oxygens (including phenoxy) is 1. The number of halogens is 2. The van der Waals surface area contributed by atoms with Crippen molar-refractivity contribution in [1.82, 2.24) is 0 Å². The van der Waals surface area contributed by atoms with E-state index in [-0.39, 0.29) is 6.42 Å². The highest BCUT2D eigenvalue weighted by Crippen LogP contribution is 2.27. The number of carboxylic acid groups (broad SMARTS) is 2. The fraction of sp³-hybridized carbons (Fsp3) is 0.429. The first-order chi connectivity index (χ1) is 9.86. The predicted molar refractivity (Wildman–Crippen MR) is 81.4 cm³/mol. The molecular formula is C14H18Cl2O5. The number of benzene rings is 1. The minimum absolute atomic E-state index is 0.0885. The number of carbonyl (C=O) groups is 2. The predicted octanol–water partition coefficient (Wildman–Crippen LogP) is 4.11. The Morgan fingerprint density at radius 1 is 1.14 bits per heavy atom. The Labute approximate surface area is 133 Å². The zero-order valence-electron chi connectivity index (χ0n) is 11.6. The molecule has 2 N–H and O–H groups in total. The molecule has 0 aliphatic rings. The lowest BCUT2D eigenvalue weighted by Crippen LogP contribution is -2.02. The van der Waals surface area contributed by atoms with Crippen molar-refractivity contribution in [2.45, 2.75) is 32.6 Å². The fourth-order valence-corrected chi connectivity index (χ4v) is 1.67. The Morgan fingerprint density at radius 2 is 1.76 bits per heavy atom. The van der Waals surface area contributed by atoms with Crippen LogP contribution in [-0.2, 0) is 9.59 Å². The zero-order valence-corrected chi connectivity index (χ0v) is 13.2. The van der Waals surface area contributed by atoms with Crippen LogP contribution in [0.4, 0.5) is 0 Å². The van der Waals surface area contributed by atoms with Crippen LogP contribution in [0.2, 0.25) is 10.0 Å². The average molecular weight is 337 g/mol. The van der Waals surface area contributed by atoms with E-state index in [0.717, 1.165) is 6.42 Å². The molecular weight excluding hydrogens is 319 g/mol. The van der Waals surface area contributed by atoms with Gasteiger partial charge in [0.15, 0.2) is 0 Å². The summed E-state index contributed by atoms with van der Waals surface area (Å²) in [4.78, 5) is 19.8. The Balaban J connectivity index is 0.000000567. The second-order valence-electron chi connectivity index (χ2n) is 4.06. The molecule has 0 aromatic heterocycles. The number of hydrogen-bond acceptors (Lipinski definition) is 3. The normalized spacial score (nSPS) is 9.48. The van der Waals surface area contributed by atoms with Gasteiger partial charge >= 0.3 is 11.9 Å². The number of rotatable bonds is 7. The van der Waals surface area contributed by atoms with Crippen molar-refractivity contribution >= 4 is 35.1 Å². The summed E-state index contributed by atoms with van der Waals surface area (Å²) in [5, 5.41) is 17.3. The van der Waals surface area contributed by atoms with Gasteiger partial charge in [0.05, 0.1) is 11.6 Å². The fourth-order valence-electron chi connectivity index (χ4n) is 1.21. The van der Waals surface area contributed by atoms with Crippen LogP contribution in [0.3, 0.4) is 0 Å². The molecule has 0 saturated heterocycles. The van der Waals surface area contributed by atoms with Gasteiger partial charge in [0.25, 0.3) is 0 Å². The largest absolute Gasteiger partial charge is 0.492 e. The molecule has 21 heavy (non-hydrogen) atoms. The summed E-state index contributed by atoms with van der Waals surface area (Å²) in [7, 11) is 0. The molecule has 0 amide bonds. The zero-order chi connectivity index (χ0) is 16.3. The average Bonchev–Trinajstić information content (AvgIpc) is 2.37. The van der Waals surface area contributed by atoms with Gasteiger partial charge in [-0.2, -0.15) is 0 Å². The van der Waals surface area contributed by atoms with E-state index in [9.17, 15) is 9.59 Å². The van der Waals surface area contributed by atoms with Crippen molar-refractivity contribution in [3.8, 4) is 5.75 Å². The molecule has 7 heteroatoms. The van der Waals surface area contributed by atoms with Gasteiger partial charge in [0.2, 0.25) is 0 Å². The second kappa shape index (κ2) is 11.2. The standard InChI is InChI=1S/C10H10Cl2O3.C4H8O2/c11-7-3-4-9(8(12)6-7)15-5-1-2-10(13)14;1-2-3-4(5)6/h3-4,6H,1-2,5H2,(H,13,14);2-3H2,1H3,(H,5,6). The first kappa shape index (κ1) is 19.5. The molecule has 0 atom stereocenters. The van der Waals surface area contributed by atoms with Crippen LogP contribution in [-0.4, -0.2) is 28.8 Å². The number of hydrogen-bond donors (Lipinski definition) is 2. The van der Waals surface area contributed by atoms with E-state index in [1.54, 1.807) is 18.2 Å². The first-order valence-electron chi connectivity index (χ1n) is 6.38. The SMILES string of the molecule is CCCC(=O)O.O=C(O)CCCOc1ccc(Cl)cc1Cl. The molecule has 0 spiro atoms. The molecule has 5 nitrogen and oxygen atoms in total. The van der Waals surface area contributed by atoms with E-state index >= 15 is 0 Å². The molecule has 0 aliphatic heterocycles. The third kappa shape index (κ3) is 10.9. The van der Waals surface area contributed by atoms with Crippen LogP contribution < -0.4 is 4.74 Å². The Bertz CT molecular complexity index is 463. The second-order valence-corrected chi connectivity index (χ2v) is 4.91. The summed E-state index contributed by atoms with van der Waals surface area (Å²) in [6, 6.07) is 4.90. The highest BCUT2D eigenvalue weighted by atomic mass is 35.5. The molecule has 0 saturated carbocycles. The first-order valence-corrected chi connectivity index (χ1v) is 7.13. The summed E-state index contributed by atoms with van der Waals surface area (Å²) < 4.78 is 5.29. The topological polar surface area (TPSA) is 83.8 Å². The molecule has 1 aromatic carbocycles. The Kier molecular flexibility index (Phi) is 10.4. The lowest BCUT2D eigenvalue weighted by atomic mass is 10.3. The van der Waals surface area contributed by atoms with Crippen molar-refractivity contribution in [2.24, 2.45) is 0 Å². The molecule has 1 aromatic rings. The molecule has 0 unspecified atom stereocenters. The van der Waals surface area contributed by atoms with Gasteiger partial charge in [-0.15, -0.1) is 0 Å². The van der Waals surface area contributed by atoms with Crippen molar-refractivity contribution in [2.75, 3.05) is 6.61 Å². The smallest absolute Gasteiger partial charge is 0.303 e. The van der Waals surface area contributed by atoms with Gasteiger partial charge in [0.1, 0.15) is 5.75 Å². The molecule has 0 radical (unpaired) electrons. The van der Waals surface area contributed by atoms with E-state index in [0.29, 0.717) is 35.2 Å². The lowest BCUT2D eigenvalue weighted by Gasteiger charge is -2.06. The third-order valence-corrected chi connectivity index (χ3v) is 2.68. The van der Waals surface area contributed by atoms with Crippen molar-refractivity contribution < 1.29 is 24.5 Å². The van der Waals surface area contributed by atoms with Crippen LogP contribution in [0, 0.1) is 0 Å². The minimum atomic E-state index is -0.833. The quantitative estimate of drug-likeness (QED) is 0.732. The van der Waals surface area contributed by atoms with Crippen LogP contribution in [0.25, 0.3) is 0 Å². The molecule has 0 fully saturated rings. The third-order valence-electron chi connectivity index (χ3n) is 2.15. The van der Waals surface area contributed by atoms with E-state index in [4.69, 9.17) is 38.2 Å². The summed E-state index contributed by atoms with van der Waals surface area (Å²) in [5.74, 6) is -1.02. The maximum Gasteiger partial charge on any atom is 0.303 e. The molecule has 0 bridgehead atoms. The highest BCUT2D eigenvalue weighted by molar-refractivity contribution is 6.35. The highest BCUT2D eigenvalue weighted by Gasteiger charge is 2.02. The van der Waals surface area contributed by atoms with Gasteiger partial charge in [-0.05, 0) is 31.0 Å². The summed E-state index contributed by atoms with van der Waals surface area (Å²) in [6.07, 6.45) is 1.56. The van der Waals surface area contributed by atoms with Gasteiger partial charge in [-0.1, -0.05) is 30.1 Å². The van der Waals surface area contributed by atoms with Crippen molar-refractivity contribution in [1.29, 1.82) is 0 Å². The monoisotopic (exact) mass is 336 g/mol. The lowest BCUT2D eigenvalue weighted by molar-refractivity contribution is -0.138. The van der Waals surface area contributed by atoms with E-state index in [1.807, 2.05) is 6.92 Å². The Morgan fingerprint density at radius 3 is 2.19 bits per heavy atom. The maximum absolute atomic E-state index is 10.2.